The van der Waals surface area contributed by atoms with Gasteiger partial charge < -0.3 is 14.3 Å². The third kappa shape index (κ3) is 6.48. The van der Waals surface area contributed by atoms with E-state index in [9.17, 15) is 0 Å². The topological polar surface area (TPSA) is 30.1 Å². The van der Waals surface area contributed by atoms with E-state index in [4.69, 9.17) is 4.42 Å². The summed E-state index contributed by atoms with van der Waals surface area (Å²) in [5, 5.41) is 10.6. The van der Waals surface area contributed by atoms with Gasteiger partial charge in [-0.25, -0.2) is 0 Å². The summed E-state index contributed by atoms with van der Waals surface area (Å²) in [6.45, 7) is 21.8. The summed E-state index contributed by atoms with van der Waals surface area (Å²) >= 11 is 1.89. The Kier molecular flexibility index (Phi) is 9.48. The molecule has 2 aliphatic carbocycles. The highest BCUT2D eigenvalue weighted by molar-refractivity contribution is 7.25. The SMILES string of the molecule is CC(C)(C)c1ccc(Nc2cc3sc4ccccc4c3cc2-c2c3c(c4c5cc6c(cc5n5c4c2Bc2cc4oc(-c7ccccc7)c(-c7ccccc7)c4cc2-5)C(C)(C)CCC6(C)C)C(C)(C)c2ccccc2-3)cc1. The van der Waals surface area contributed by atoms with Crippen LogP contribution in [0, 0.1) is 0 Å². The molecule has 370 valence electrons. The number of hydrogen-bond donors (Lipinski definition) is 1. The summed E-state index contributed by atoms with van der Waals surface area (Å²) in [7, 11) is 0.740. The number of benzene rings is 9. The van der Waals surface area contributed by atoms with Crippen LogP contribution in [0.1, 0.15) is 103 Å². The summed E-state index contributed by atoms with van der Waals surface area (Å²) in [6, 6.07) is 64.2. The fraction of sp³-hybridized carbons (Fsp3) is 0.211. The molecule has 1 aliphatic heterocycles. The molecule has 5 heteroatoms. The molecule has 0 fully saturated rings. The van der Waals surface area contributed by atoms with Crippen LogP contribution in [0.15, 0.2) is 174 Å². The minimum absolute atomic E-state index is 0.0165. The summed E-state index contributed by atoms with van der Waals surface area (Å²) in [5.41, 5.74) is 25.1. The number of aromatic nitrogens is 1. The van der Waals surface area contributed by atoms with Gasteiger partial charge >= 0.3 is 0 Å². The average molecular weight is 1000 g/mol. The first kappa shape index (κ1) is 45.8. The largest absolute Gasteiger partial charge is 0.455 e. The van der Waals surface area contributed by atoms with Crippen LogP contribution in [0.2, 0.25) is 0 Å². The number of nitrogens with one attached hydrogen (secondary N) is 1. The third-order valence-electron chi connectivity index (χ3n) is 18.2. The first-order valence-corrected chi connectivity index (χ1v) is 28.2. The zero-order chi connectivity index (χ0) is 51.8. The zero-order valence-electron chi connectivity index (χ0n) is 45.1. The van der Waals surface area contributed by atoms with Crippen LogP contribution >= 0.6 is 11.3 Å². The van der Waals surface area contributed by atoms with E-state index < -0.39 is 0 Å². The Morgan fingerprint density at radius 2 is 1.24 bits per heavy atom. The van der Waals surface area contributed by atoms with Crippen molar-refractivity contribution in [3.63, 3.8) is 0 Å². The lowest BCUT2D eigenvalue weighted by Crippen LogP contribution is -2.38. The van der Waals surface area contributed by atoms with Gasteiger partial charge in [0, 0.05) is 81.0 Å². The number of furan rings is 1. The van der Waals surface area contributed by atoms with E-state index in [0.717, 1.165) is 64.9 Å². The van der Waals surface area contributed by atoms with Crippen LogP contribution in [-0.2, 0) is 21.7 Å². The molecule has 0 saturated carbocycles. The van der Waals surface area contributed by atoms with Gasteiger partial charge in [-0.3, -0.25) is 0 Å². The maximum absolute atomic E-state index is 7.20. The van der Waals surface area contributed by atoms with Crippen LogP contribution < -0.4 is 16.2 Å². The Labute approximate surface area is 450 Å². The van der Waals surface area contributed by atoms with Crippen molar-refractivity contribution in [3.05, 3.63) is 198 Å². The number of nitrogens with zero attached hydrogens (tertiary/aromatic N) is 1. The highest BCUT2D eigenvalue weighted by atomic mass is 32.1. The summed E-state index contributed by atoms with van der Waals surface area (Å²) < 4.78 is 12.5. The van der Waals surface area contributed by atoms with E-state index in [2.05, 4.69) is 242 Å². The van der Waals surface area contributed by atoms with Gasteiger partial charge in [-0.15, -0.1) is 11.3 Å². The van der Waals surface area contributed by atoms with Crippen molar-refractivity contribution in [2.45, 2.75) is 96.8 Å². The molecule has 12 aromatic rings. The Morgan fingerprint density at radius 1 is 0.566 bits per heavy atom. The Balaban J connectivity index is 1.12. The second-order valence-corrected chi connectivity index (χ2v) is 26.2. The monoisotopic (exact) mass is 1000 g/mol. The van der Waals surface area contributed by atoms with Crippen LogP contribution in [0.3, 0.4) is 0 Å². The number of thiophene rings is 1. The van der Waals surface area contributed by atoms with E-state index in [0.29, 0.717) is 0 Å². The van der Waals surface area contributed by atoms with Gasteiger partial charge in [0.15, 0.2) is 7.28 Å². The van der Waals surface area contributed by atoms with Crippen LogP contribution in [0.5, 0.6) is 0 Å². The molecule has 3 aliphatic rings. The molecule has 1 N–H and O–H groups in total. The van der Waals surface area contributed by atoms with E-state index in [1.54, 1.807) is 0 Å². The van der Waals surface area contributed by atoms with Gasteiger partial charge in [0.1, 0.15) is 11.3 Å². The molecule has 76 heavy (non-hydrogen) atoms. The van der Waals surface area contributed by atoms with Crippen molar-refractivity contribution in [1.82, 2.24) is 4.57 Å². The Bertz CT molecular complexity index is 4440. The molecule has 0 atom stereocenters. The fourth-order valence-electron chi connectivity index (χ4n) is 14.1. The van der Waals surface area contributed by atoms with Gasteiger partial charge in [0.2, 0.25) is 0 Å². The van der Waals surface area contributed by atoms with Crippen molar-refractivity contribution in [2.24, 2.45) is 0 Å². The van der Waals surface area contributed by atoms with Gasteiger partial charge in [-0.1, -0.05) is 183 Å². The van der Waals surface area contributed by atoms with Gasteiger partial charge in [-0.2, -0.15) is 0 Å². The predicted molar refractivity (Wildman–Crippen MR) is 327 cm³/mol. The Morgan fingerprint density at radius 3 is 1.97 bits per heavy atom. The van der Waals surface area contributed by atoms with Crippen LogP contribution in [0.4, 0.5) is 11.4 Å². The van der Waals surface area contributed by atoms with Gasteiger partial charge in [-0.05, 0) is 139 Å². The molecule has 4 heterocycles. The molecule has 0 amide bonds. The maximum atomic E-state index is 7.20. The molecule has 0 unspecified atom stereocenters. The lowest BCUT2D eigenvalue weighted by molar-refractivity contribution is 0.332. The summed E-state index contributed by atoms with van der Waals surface area (Å²) in [4.78, 5) is 0. The normalized spacial score (nSPS) is 15.8. The minimum atomic E-state index is -0.307. The molecular formula is C71H61BN2OS. The molecule has 0 radical (unpaired) electrons. The Hall–Kier alpha value is -7.60. The molecule has 0 spiro atoms. The van der Waals surface area contributed by atoms with E-state index >= 15 is 0 Å². The highest BCUT2D eigenvalue weighted by Gasteiger charge is 2.45. The number of fused-ring (bicyclic) bond motifs is 14. The quantitative estimate of drug-likeness (QED) is 0.174. The van der Waals surface area contributed by atoms with E-state index in [1.807, 2.05) is 11.3 Å². The number of hydrogen-bond acceptors (Lipinski definition) is 3. The van der Waals surface area contributed by atoms with E-state index in [-0.39, 0.29) is 21.7 Å². The van der Waals surface area contributed by atoms with Gasteiger partial charge in [0.25, 0.3) is 0 Å². The minimum Gasteiger partial charge on any atom is -0.455 e. The molecule has 3 nitrogen and oxygen atoms in total. The van der Waals surface area contributed by atoms with Crippen molar-refractivity contribution in [1.29, 1.82) is 0 Å². The van der Waals surface area contributed by atoms with Crippen molar-refractivity contribution < 1.29 is 4.42 Å². The lowest BCUT2D eigenvalue weighted by atomic mass is 9.57. The average Bonchev–Trinajstić information content (AvgIpc) is 4.32. The first-order valence-electron chi connectivity index (χ1n) is 27.4. The summed E-state index contributed by atoms with van der Waals surface area (Å²) in [6.07, 6.45) is 2.30. The number of rotatable bonds is 5. The van der Waals surface area contributed by atoms with Crippen LogP contribution in [-0.4, -0.2) is 11.8 Å². The number of anilines is 2. The standard InChI is InChI=1S/C71H61BN2OS/c1-68(2,3)42-28-30-43(31-29-42)73-54-39-59-46(44-24-17-19-27-58(44)76-59)34-47(54)62-61-45-25-16-18-26-50(45)71(8,9)64(61)63-48-35-51-52(70(6,7)33-32-69(51,4)5)37-55(48)74-56-36-49-57(38-53(56)72-65(62)66(63)74)75-67(41-22-14-11-15-23-41)60(49)40-20-12-10-13-21-40/h10-31,34-39,72-73H,32-33H2,1-9H3. The van der Waals surface area contributed by atoms with E-state index in [1.165, 1.54) is 109 Å². The molecule has 0 bridgehead atoms. The van der Waals surface area contributed by atoms with Crippen molar-refractivity contribution in [2.75, 3.05) is 5.32 Å². The van der Waals surface area contributed by atoms with Crippen molar-refractivity contribution in [3.8, 4) is 50.4 Å². The summed E-state index contributed by atoms with van der Waals surface area (Å²) in [5.74, 6) is 0.905. The molecule has 15 rings (SSSR count). The second kappa shape index (κ2) is 15.7. The smallest absolute Gasteiger partial charge is 0.198 e. The second-order valence-electron chi connectivity index (χ2n) is 25.2. The maximum Gasteiger partial charge on any atom is 0.198 e. The molecular weight excluding hydrogens is 940 g/mol. The fourth-order valence-corrected chi connectivity index (χ4v) is 15.2. The molecule has 0 saturated heterocycles. The third-order valence-corrected chi connectivity index (χ3v) is 19.3. The highest BCUT2D eigenvalue weighted by Crippen LogP contribution is 2.59. The van der Waals surface area contributed by atoms with Crippen molar-refractivity contribution >= 4 is 93.9 Å². The first-order chi connectivity index (χ1) is 36.5. The van der Waals surface area contributed by atoms with Crippen LogP contribution in [0.25, 0.3) is 103 Å². The van der Waals surface area contributed by atoms with Gasteiger partial charge in [0.05, 0.1) is 5.52 Å². The zero-order valence-corrected chi connectivity index (χ0v) is 45.9. The predicted octanol–water partition coefficient (Wildman–Crippen LogP) is 18.3. The molecule has 3 aromatic heterocycles. The molecule has 9 aromatic carbocycles. The lowest BCUT2D eigenvalue weighted by Gasteiger charge is -2.42.